The Bertz CT molecular complexity index is 913. The Morgan fingerprint density at radius 1 is 1.15 bits per heavy atom. The van der Waals surface area contributed by atoms with E-state index in [9.17, 15) is 13.2 Å². The van der Waals surface area contributed by atoms with E-state index in [0.29, 0.717) is 5.92 Å². The summed E-state index contributed by atoms with van der Waals surface area (Å²) < 4.78 is 31.7. The average molecular weight is 372 g/mol. The number of ether oxygens (including phenoxy) is 1. The monoisotopic (exact) mass is 372 g/mol. The molecule has 0 heterocycles. The van der Waals surface area contributed by atoms with Crippen molar-refractivity contribution in [1.82, 2.24) is 4.72 Å². The summed E-state index contributed by atoms with van der Waals surface area (Å²) in [7, 11) is -3.97. The summed E-state index contributed by atoms with van der Waals surface area (Å²) in [6.07, 6.45) is 0. The molecule has 6 nitrogen and oxygen atoms in total. The van der Waals surface area contributed by atoms with Crippen LogP contribution in [0.5, 0.6) is 0 Å². The second-order valence-electron chi connectivity index (χ2n) is 5.99. The smallest absolute Gasteiger partial charge is 0.321 e. The fraction of sp³-hybridized carbons (Fsp3) is 0.263. The second-order valence-corrected chi connectivity index (χ2v) is 7.72. The minimum Gasteiger partial charge on any atom is -0.460 e. The van der Waals surface area contributed by atoms with Gasteiger partial charge in [-0.2, -0.15) is 9.98 Å². The number of nitriles is 1. The first-order valence-corrected chi connectivity index (χ1v) is 9.55. The van der Waals surface area contributed by atoms with E-state index < -0.39 is 22.5 Å². The number of hydrogen-bond donors (Lipinski definition) is 1. The summed E-state index contributed by atoms with van der Waals surface area (Å²) in [6, 6.07) is 15.3. The number of esters is 1. The molecule has 0 aliphatic rings. The minimum absolute atomic E-state index is 0.0126. The highest BCUT2D eigenvalue weighted by atomic mass is 32.2. The van der Waals surface area contributed by atoms with Crippen molar-refractivity contribution in [3.05, 3.63) is 65.2 Å². The third kappa shape index (κ3) is 5.15. The van der Waals surface area contributed by atoms with Crippen LogP contribution in [-0.2, 0) is 26.2 Å². The molecule has 0 aliphatic carbocycles. The molecule has 2 rings (SSSR count). The zero-order valence-corrected chi connectivity index (χ0v) is 15.4. The molecular formula is C19H20N2O4S. The lowest BCUT2D eigenvalue weighted by atomic mass is 10.0. The SMILES string of the molecule is CC(C)c1ccc(COC(=O)CNS(=O)(=O)c2ccccc2C#N)cc1. The highest BCUT2D eigenvalue weighted by Crippen LogP contribution is 2.15. The van der Waals surface area contributed by atoms with Crippen molar-refractivity contribution in [2.24, 2.45) is 0 Å². The zero-order chi connectivity index (χ0) is 19.2. The molecule has 136 valence electrons. The molecule has 0 aromatic heterocycles. The molecule has 0 saturated carbocycles. The van der Waals surface area contributed by atoms with Gasteiger partial charge in [-0.15, -0.1) is 0 Å². The van der Waals surface area contributed by atoms with Gasteiger partial charge in [-0.05, 0) is 29.2 Å². The summed E-state index contributed by atoms with van der Waals surface area (Å²) in [5.41, 5.74) is 2.02. The largest absolute Gasteiger partial charge is 0.460 e. The molecule has 0 atom stereocenters. The van der Waals surface area contributed by atoms with Gasteiger partial charge in [0.1, 0.15) is 19.2 Å². The minimum atomic E-state index is -3.97. The molecular weight excluding hydrogens is 352 g/mol. The van der Waals surface area contributed by atoms with E-state index in [1.54, 1.807) is 6.07 Å². The van der Waals surface area contributed by atoms with Crippen molar-refractivity contribution < 1.29 is 17.9 Å². The van der Waals surface area contributed by atoms with Gasteiger partial charge in [0, 0.05) is 0 Å². The van der Waals surface area contributed by atoms with E-state index in [1.807, 2.05) is 30.3 Å². The third-order valence-corrected chi connectivity index (χ3v) is 5.21. The molecule has 7 heteroatoms. The van der Waals surface area contributed by atoms with E-state index >= 15 is 0 Å². The maximum Gasteiger partial charge on any atom is 0.321 e. The van der Waals surface area contributed by atoms with Crippen molar-refractivity contribution in [3.63, 3.8) is 0 Å². The van der Waals surface area contributed by atoms with Gasteiger partial charge in [0.2, 0.25) is 10.0 Å². The van der Waals surface area contributed by atoms with Crippen LogP contribution in [0.4, 0.5) is 0 Å². The fourth-order valence-corrected chi connectivity index (χ4v) is 3.36. The molecule has 0 amide bonds. The standard InChI is InChI=1S/C19H20N2O4S/c1-14(2)16-9-7-15(8-10-16)13-25-19(22)12-21-26(23,24)18-6-4-3-5-17(18)11-20/h3-10,14,21H,12-13H2,1-2H3. The molecule has 0 aliphatic heterocycles. The van der Waals surface area contributed by atoms with Crippen molar-refractivity contribution in [1.29, 1.82) is 5.26 Å². The Hall–Kier alpha value is -2.69. The first-order chi connectivity index (χ1) is 12.3. The van der Waals surface area contributed by atoms with Gasteiger partial charge in [-0.3, -0.25) is 4.79 Å². The van der Waals surface area contributed by atoms with Crippen LogP contribution in [-0.4, -0.2) is 20.9 Å². The Morgan fingerprint density at radius 3 is 2.42 bits per heavy atom. The van der Waals surface area contributed by atoms with Gasteiger partial charge in [0.05, 0.1) is 10.5 Å². The van der Waals surface area contributed by atoms with E-state index in [0.717, 1.165) is 5.56 Å². The predicted octanol–water partition coefficient (Wildman–Crippen LogP) is 2.70. The first kappa shape index (κ1) is 19.6. The molecule has 0 unspecified atom stereocenters. The maximum atomic E-state index is 12.2. The predicted molar refractivity (Wildman–Crippen MR) is 96.7 cm³/mol. The molecule has 2 aromatic rings. The van der Waals surface area contributed by atoms with Gasteiger partial charge in [0.25, 0.3) is 0 Å². The van der Waals surface area contributed by atoms with Crippen LogP contribution in [0.15, 0.2) is 53.4 Å². The zero-order valence-electron chi connectivity index (χ0n) is 14.6. The number of carbonyl (C=O) groups excluding carboxylic acids is 1. The van der Waals surface area contributed by atoms with E-state index in [1.165, 1.54) is 23.8 Å². The Balaban J connectivity index is 1.91. The van der Waals surface area contributed by atoms with Crippen molar-refractivity contribution >= 4 is 16.0 Å². The van der Waals surface area contributed by atoms with Gasteiger partial charge >= 0.3 is 5.97 Å². The van der Waals surface area contributed by atoms with E-state index in [2.05, 4.69) is 18.6 Å². The number of nitrogens with one attached hydrogen (secondary N) is 1. The van der Waals surface area contributed by atoms with Gasteiger partial charge < -0.3 is 4.74 Å². The van der Waals surface area contributed by atoms with Crippen LogP contribution in [0.3, 0.4) is 0 Å². The Morgan fingerprint density at radius 2 is 1.81 bits per heavy atom. The highest BCUT2D eigenvalue weighted by molar-refractivity contribution is 7.89. The van der Waals surface area contributed by atoms with Crippen molar-refractivity contribution in [3.8, 4) is 6.07 Å². The molecule has 1 N–H and O–H groups in total. The number of sulfonamides is 1. The highest BCUT2D eigenvalue weighted by Gasteiger charge is 2.19. The van der Waals surface area contributed by atoms with E-state index in [-0.39, 0.29) is 17.1 Å². The number of nitrogens with zero attached hydrogens (tertiary/aromatic N) is 1. The Kier molecular flexibility index (Phi) is 6.50. The summed E-state index contributed by atoms with van der Waals surface area (Å²) in [5.74, 6) is -0.284. The van der Waals surface area contributed by atoms with Gasteiger partial charge in [-0.1, -0.05) is 50.2 Å². The summed E-state index contributed by atoms with van der Waals surface area (Å²) in [5, 5.41) is 8.99. The molecule has 26 heavy (non-hydrogen) atoms. The van der Waals surface area contributed by atoms with Crippen LogP contribution >= 0.6 is 0 Å². The molecule has 0 radical (unpaired) electrons. The third-order valence-electron chi connectivity index (χ3n) is 3.75. The fourth-order valence-electron chi connectivity index (χ4n) is 2.24. The molecule has 0 saturated heterocycles. The summed E-state index contributed by atoms with van der Waals surface area (Å²) in [6.45, 7) is 3.73. The van der Waals surface area contributed by atoms with Crippen LogP contribution in [0, 0.1) is 11.3 Å². The molecule has 0 fully saturated rings. The number of benzene rings is 2. The van der Waals surface area contributed by atoms with Crippen LogP contribution in [0.2, 0.25) is 0 Å². The normalized spacial score (nSPS) is 11.2. The molecule has 2 aromatic carbocycles. The summed E-state index contributed by atoms with van der Waals surface area (Å²) in [4.78, 5) is 11.6. The lowest BCUT2D eigenvalue weighted by molar-refractivity contribution is -0.143. The van der Waals surface area contributed by atoms with E-state index in [4.69, 9.17) is 10.00 Å². The maximum absolute atomic E-state index is 12.2. The second kappa shape index (κ2) is 8.61. The Labute approximate surface area is 153 Å². The van der Waals surface area contributed by atoms with Gasteiger partial charge in [-0.25, -0.2) is 8.42 Å². The number of hydrogen-bond acceptors (Lipinski definition) is 5. The van der Waals surface area contributed by atoms with Crippen LogP contribution in [0.25, 0.3) is 0 Å². The summed E-state index contributed by atoms with van der Waals surface area (Å²) >= 11 is 0. The topological polar surface area (TPSA) is 96.3 Å². The van der Waals surface area contributed by atoms with Crippen LogP contribution < -0.4 is 4.72 Å². The van der Waals surface area contributed by atoms with Gasteiger partial charge in [0.15, 0.2) is 0 Å². The average Bonchev–Trinajstić information content (AvgIpc) is 2.65. The van der Waals surface area contributed by atoms with Crippen LogP contribution in [0.1, 0.15) is 36.5 Å². The lowest BCUT2D eigenvalue weighted by Gasteiger charge is -2.09. The quantitative estimate of drug-likeness (QED) is 0.754. The molecule has 0 spiro atoms. The molecule has 0 bridgehead atoms. The number of carbonyl (C=O) groups is 1. The van der Waals surface area contributed by atoms with Crippen molar-refractivity contribution in [2.75, 3.05) is 6.54 Å². The lowest BCUT2D eigenvalue weighted by Crippen LogP contribution is -2.31. The number of rotatable bonds is 7. The first-order valence-electron chi connectivity index (χ1n) is 8.06. The van der Waals surface area contributed by atoms with Crippen molar-refractivity contribution in [2.45, 2.75) is 31.3 Å².